The number of aromatic nitrogens is 4. The van der Waals surface area contributed by atoms with Crippen LogP contribution in [0.1, 0.15) is 0 Å². The van der Waals surface area contributed by atoms with Crippen LogP contribution in [-0.4, -0.2) is 18.8 Å². The molecule has 3 aromatic carbocycles. The molecule has 0 radical (unpaired) electrons. The Hall–Kier alpha value is -3.73. The average molecular weight is 336 g/mol. The Morgan fingerprint density at radius 1 is 0.615 bits per heavy atom. The lowest BCUT2D eigenvalue weighted by Crippen LogP contribution is -2.18. The number of para-hydroxylation sites is 4. The van der Waals surface area contributed by atoms with Gasteiger partial charge in [0.1, 0.15) is 5.65 Å². The molecule has 6 aromatic rings. The van der Waals surface area contributed by atoms with Crippen molar-refractivity contribution in [3.05, 3.63) is 83.2 Å². The molecule has 0 saturated carbocycles. The number of benzene rings is 3. The van der Waals surface area contributed by atoms with E-state index in [0.29, 0.717) is 16.7 Å². The van der Waals surface area contributed by atoms with Gasteiger partial charge in [0, 0.05) is 5.39 Å². The fraction of sp³-hybridized carbons (Fsp3) is 0. The van der Waals surface area contributed by atoms with E-state index in [-0.39, 0.29) is 5.56 Å². The molecule has 26 heavy (non-hydrogen) atoms. The van der Waals surface area contributed by atoms with Gasteiger partial charge in [-0.3, -0.25) is 9.20 Å². The third-order valence-electron chi connectivity index (χ3n) is 4.90. The maximum Gasteiger partial charge on any atom is 0.267 e. The topological polar surface area (TPSA) is 51.7 Å². The van der Waals surface area contributed by atoms with Gasteiger partial charge in [-0.05, 0) is 36.4 Å². The summed E-state index contributed by atoms with van der Waals surface area (Å²) in [6, 6.07) is 23.2. The van der Waals surface area contributed by atoms with Gasteiger partial charge in [0.25, 0.3) is 5.56 Å². The summed E-state index contributed by atoms with van der Waals surface area (Å²) in [4.78, 5) is 22.9. The highest BCUT2D eigenvalue weighted by Gasteiger charge is 2.16. The highest BCUT2D eigenvalue weighted by molar-refractivity contribution is 5.99. The van der Waals surface area contributed by atoms with E-state index in [1.165, 1.54) is 0 Å². The van der Waals surface area contributed by atoms with Gasteiger partial charge in [-0.15, -0.1) is 0 Å². The number of nitrogens with zero attached hydrogens (tertiary/aromatic N) is 4. The van der Waals surface area contributed by atoms with Crippen molar-refractivity contribution in [1.29, 1.82) is 0 Å². The Morgan fingerprint density at radius 2 is 1.27 bits per heavy atom. The fourth-order valence-electron chi connectivity index (χ4n) is 3.75. The molecular formula is C21H12N4O. The zero-order chi connectivity index (χ0) is 17.3. The monoisotopic (exact) mass is 336 g/mol. The molecule has 0 aliphatic heterocycles. The van der Waals surface area contributed by atoms with E-state index in [9.17, 15) is 4.79 Å². The molecule has 0 atom stereocenters. The van der Waals surface area contributed by atoms with Crippen molar-refractivity contribution in [2.75, 3.05) is 0 Å². The Morgan fingerprint density at radius 3 is 2.12 bits per heavy atom. The van der Waals surface area contributed by atoms with Gasteiger partial charge in [0.2, 0.25) is 5.78 Å². The van der Waals surface area contributed by atoms with Gasteiger partial charge in [-0.25, -0.2) is 14.4 Å². The van der Waals surface area contributed by atoms with Crippen LogP contribution in [0.25, 0.3) is 44.3 Å². The van der Waals surface area contributed by atoms with E-state index in [4.69, 9.17) is 9.97 Å². The fourth-order valence-corrected chi connectivity index (χ4v) is 3.75. The highest BCUT2D eigenvalue weighted by Crippen LogP contribution is 2.26. The Kier molecular flexibility index (Phi) is 2.43. The van der Waals surface area contributed by atoms with E-state index in [1.807, 2.05) is 77.2 Å². The molecule has 6 rings (SSSR count). The first-order valence-corrected chi connectivity index (χ1v) is 8.42. The van der Waals surface area contributed by atoms with E-state index >= 15 is 0 Å². The summed E-state index contributed by atoms with van der Waals surface area (Å²) >= 11 is 0. The molecule has 5 nitrogen and oxygen atoms in total. The van der Waals surface area contributed by atoms with Gasteiger partial charge < -0.3 is 0 Å². The summed E-state index contributed by atoms with van der Waals surface area (Å²) in [6.07, 6.45) is 0. The van der Waals surface area contributed by atoms with Crippen molar-refractivity contribution in [3.63, 3.8) is 0 Å². The van der Waals surface area contributed by atoms with E-state index in [0.717, 1.165) is 27.6 Å². The molecule has 3 aromatic heterocycles. The maximum absolute atomic E-state index is 13.3. The molecule has 0 fully saturated rings. The van der Waals surface area contributed by atoms with Crippen molar-refractivity contribution in [3.8, 4) is 0 Å². The normalized spacial score (nSPS) is 12.0. The van der Waals surface area contributed by atoms with Crippen LogP contribution in [0.3, 0.4) is 0 Å². The van der Waals surface area contributed by atoms with Crippen molar-refractivity contribution < 1.29 is 0 Å². The van der Waals surface area contributed by atoms with Crippen LogP contribution < -0.4 is 5.56 Å². The molecule has 5 heteroatoms. The van der Waals surface area contributed by atoms with E-state index in [2.05, 4.69) is 0 Å². The molecule has 0 spiro atoms. The summed E-state index contributed by atoms with van der Waals surface area (Å²) < 4.78 is 3.67. The first kappa shape index (κ1) is 13.5. The molecule has 0 N–H and O–H groups in total. The Labute approximate surface area is 146 Å². The van der Waals surface area contributed by atoms with Gasteiger partial charge >= 0.3 is 0 Å². The van der Waals surface area contributed by atoms with Gasteiger partial charge in [-0.1, -0.05) is 36.4 Å². The Bertz CT molecular complexity index is 1560. The smallest absolute Gasteiger partial charge is 0.267 e. The van der Waals surface area contributed by atoms with E-state index < -0.39 is 0 Å². The predicted octanol–water partition coefficient (Wildman–Crippen LogP) is 3.80. The van der Waals surface area contributed by atoms with Crippen LogP contribution in [0, 0.1) is 0 Å². The average Bonchev–Trinajstić information content (AvgIpc) is 3.08. The minimum Gasteiger partial charge on any atom is -0.268 e. The molecule has 0 aliphatic carbocycles. The molecule has 0 bridgehead atoms. The van der Waals surface area contributed by atoms with Crippen molar-refractivity contribution >= 4 is 44.3 Å². The van der Waals surface area contributed by atoms with Gasteiger partial charge in [0.05, 0.1) is 27.5 Å². The quantitative estimate of drug-likeness (QED) is 0.313. The molecule has 3 heterocycles. The van der Waals surface area contributed by atoms with Crippen molar-refractivity contribution in [2.45, 2.75) is 0 Å². The molecule has 0 saturated heterocycles. The first-order chi connectivity index (χ1) is 12.8. The standard InChI is InChI=1S/C21H12N4O/c26-20-13-7-1-3-9-15(13)23-21-24-18-12-6-4-10-16(18)22-19(24)14-8-2-5-11-17(14)25(20)21/h1-12H. The number of hydrogen-bond acceptors (Lipinski definition) is 3. The van der Waals surface area contributed by atoms with E-state index in [1.54, 1.807) is 4.40 Å². The highest BCUT2D eigenvalue weighted by atomic mass is 16.1. The van der Waals surface area contributed by atoms with Crippen molar-refractivity contribution in [2.24, 2.45) is 0 Å². The van der Waals surface area contributed by atoms with Crippen LogP contribution in [0.4, 0.5) is 0 Å². The number of imidazole rings is 1. The third-order valence-corrected chi connectivity index (χ3v) is 4.90. The van der Waals surface area contributed by atoms with Crippen molar-refractivity contribution in [1.82, 2.24) is 18.8 Å². The van der Waals surface area contributed by atoms with Crippen LogP contribution in [0.5, 0.6) is 0 Å². The second-order valence-electron chi connectivity index (χ2n) is 6.35. The first-order valence-electron chi connectivity index (χ1n) is 8.42. The SMILES string of the molecule is O=c1c2ccccc2nc2n1c1ccccc1c1nc3ccccc3n12. The largest absolute Gasteiger partial charge is 0.268 e. The van der Waals surface area contributed by atoms with Crippen LogP contribution in [-0.2, 0) is 0 Å². The lowest BCUT2D eigenvalue weighted by Gasteiger charge is -2.10. The van der Waals surface area contributed by atoms with Gasteiger partial charge in [-0.2, -0.15) is 0 Å². The zero-order valence-electron chi connectivity index (χ0n) is 13.6. The minimum absolute atomic E-state index is 0.0681. The second-order valence-corrected chi connectivity index (χ2v) is 6.35. The van der Waals surface area contributed by atoms with Crippen LogP contribution in [0.15, 0.2) is 77.6 Å². The lowest BCUT2D eigenvalue weighted by atomic mass is 10.2. The summed E-state index contributed by atoms with van der Waals surface area (Å²) in [7, 11) is 0. The maximum atomic E-state index is 13.3. The molecular weight excluding hydrogens is 324 g/mol. The number of rotatable bonds is 0. The third kappa shape index (κ3) is 1.57. The molecule has 0 aliphatic rings. The second kappa shape index (κ2) is 4.67. The zero-order valence-corrected chi connectivity index (χ0v) is 13.6. The minimum atomic E-state index is -0.0681. The molecule has 0 amide bonds. The summed E-state index contributed by atoms with van der Waals surface area (Å²) in [5, 5.41) is 1.54. The Balaban J connectivity index is 2.08. The lowest BCUT2D eigenvalue weighted by molar-refractivity contribution is 1.05. The summed E-state index contributed by atoms with van der Waals surface area (Å²) in [5.41, 5.74) is 4.06. The van der Waals surface area contributed by atoms with Crippen LogP contribution in [0.2, 0.25) is 0 Å². The number of fused-ring (bicyclic) bond motifs is 9. The predicted molar refractivity (Wildman–Crippen MR) is 103 cm³/mol. The van der Waals surface area contributed by atoms with Gasteiger partial charge in [0.15, 0.2) is 0 Å². The summed E-state index contributed by atoms with van der Waals surface area (Å²) in [5.74, 6) is 0.580. The molecule has 0 unspecified atom stereocenters. The van der Waals surface area contributed by atoms with Crippen LogP contribution >= 0.6 is 0 Å². The number of hydrogen-bond donors (Lipinski definition) is 0. The molecule has 122 valence electrons. The summed E-state index contributed by atoms with van der Waals surface area (Å²) in [6.45, 7) is 0.